The smallest absolute Gasteiger partial charge is 0.416 e. The molecule has 0 spiro atoms. The number of alkyl halides is 3. The SMILES string of the molecule is O=C(O)c1ccc(C2CC2)c(S(=O)(=O)Cc2cc(C(F)(F)F)ccc2-c2cccnc2)c1. The van der Waals surface area contributed by atoms with Crippen LogP contribution in [0.4, 0.5) is 13.2 Å². The maximum atomic E-state index is 13.4. The number of carboxylic acids is 1. The summed E-state index contributed by atoms with van der Waals surface area (Å²) in [5, 5.41) is 9.30. The summed E-state index contributed by atoms with van der Waals surface area (Å²) in [6.45, 7) is 0. The number of hydrogen-bond donors (Lipinski definition) is 1. The number of sulfone groups is 1. The number of benzene rings is 2. The Labute approximate surface area is 182 Å². The van der Waals surface area contributed by atoms with Gasteiger partial charge in [0.15, 0.2) is 9.84 Å². The van der Waals surface area contributed by atoms with Crippen LogP contribution in [0, 0.1) is 0 Å². The van der Waals surface area contributed by atoms with Crippen molar-refractivity contribution < 1.29 is 31.5 Å². The van der Waals surface area contributed by atoms with Crippen molar-refractivity contribution in [2.45, 2.75) is 35.6 Å². The van der Waals surface area contributed by atoms with Gasteiger partial charge in [-0.3, -0.25) is 4.98 Å². The van der Waals surface area contributed by atoms with E-state index in [1.807, 2.05) is 0 Å². The fourth-order valence-corrected chi connectivity index (χ4v) is 5.35. The van der Waals surface area contributed by atoms with Crippen molar-refractivity contribution in [1.82, 2.24) is 4.98 Å². The second-order valence-electron chi connectivity index (χ2n) is 7.70. The van der Waals surface area contributed by atoms with Gasteiger partial charge in [0.05, 0.1) is 21.8 Å². The molecule has 32 heavy (non-hydrogen) atoms. The van der Waals surface area contributed by atoms with E-state index < -0.39 is 33.3 Å². The number of nitrogens with zero attached hydrogens (tertiary/aromatic N) is 1. The van der Waals surface area contributed by atoms with E-state index in [0.717, 1.165) is 31.0 Å². The molecule has 0 saturated heterocycles. The van der Waals surface area contributed by atoms with Gasteiger partial charge in [-0.05, 0) is 65.8 Å². The second kappa shape index (κ2) is 8.05. The largest absolute Gasteiger partial charge is 0.478 e. The molecule has 1 heterocycles. The second-order valence-corrected chi connectivity index (χ2v) is 9.66. The Bertz CT molecular complexity index is 1280. The number of aromatic nitrogens is 1. The van der Waals surface area contributed by atoms with Crippen molar-refractivity contribution in [1.29, 1.82) is 0 Å². The van der Waals surface area contributed by atoms with E-state index in [9.17, 15) is 31.5 Å². The Kier molecular flexibility index (Phi) is 5.54. The van der Waals surface area contributed by atoms with Crippen LogP contribution in [0.3, 0.4) is 0 Å². The molecule has 0 aliphatic heterocycles. The lowest BCUT2D eigenvalue weighted by Crippen LogP contribution is -2.12. The fourth-order valence-electron chi connectivity index (χ4n) is 3.64. The van der Waals surface area contributed by atoms with Crippen LogP contribution < -0.4 is 0 Å². The molecule has 5 nitrogen and oxygen atoms in total. The predicted octanol–water partition coefficient (Wildman–Crippen LogP) is 5.32. The van der Waals surface area contributed by atoms with Gasteiger partial charge in [0.2, 0.25) is 0 Å². The Morgan fingerprint density at radius 1 is 1.09 bits per heavy atom. The zero-order chi connectivity index (χ0) is 23.1. The van der Waals surface area contributed by atoms with Crippen molar-refractivity contribution in [2.24, 2.45) is 0 Å². The van der Waals surface area contributed by atoms with Gasteiger partial charge >= 0.3 is 12.1 Å². The van der Waals surface area contributed by atoms with Crippen LogP contribution in [0.15, 0.2) is 65.8 Å². The topological polar surface area (TPSA) is 84.3 Å². The number of pyridine rings is 1. The van der Waals surface area contributed by atoms with E-state index >= 15 is 0 Å². The Morgan fingerprint density at radius 3 is 2.44 bits per heavy atom. The predicted molar refractivity (Wildman–Crippen MR) is 111 cm³/mol. The number of carbonyl (C=O) groups is 1. The van der Waals surface area contributed by atoms with E-state index in [-0.39, 0.29) is 21.9 Å². The molecule has 0 amide bonds. The molecule has 0 bridgehead atoms. The van der Waals surface area contributed by atoms with E-state index in [1.54, 1.807) is 12.1 Å². The quantitative estimate of drug-likeness (QED) is 0.537. The first kappa shape index (κ1) is 22.0. The van der Waals surface area contributed by atoms with Gasteiger partial charge in [-0.1, -0.05) is 18.2 Å². The summed E-state index contributed by atoms with van der Waals surface area (Å²) in [5.41, 5.74) is 0.118. The van der Waals surface area contributed by atoms with Crippen molar-refractivity contribution in [3.8, 4) is 11.1 Å². The molecular weight excluding hydrogens is 443 g/mol. The van der Waals surface area contributed by atoms with Gasteiger partial charge in [-0.15, -0.1) is 0 Å². The minimum Gasteiger partial charge on any atom is -0.478 e. The average molecular weight is 461 g/mol. The summed E-state index contributed by atoms with van der Waals surface area (Å²) in [4.78, 5) is 15.2. The zero-order valence-electron chi connectivity index (χ0n) is 16.6. The number of aromatic carboxylic acids is 1. The lowest BCUT2D eigenvalue weighted by atomic mass is 9.99. The normalized spacial score (nSPS) is 14.3. The fraction of sp³-hybridized carbons (Fsp3) is 0.217. The molecule has 1 saturated carbocycles. The van der Waals surface area contributed by atoms with E-state index in [4.69, 9.17) is 0 Å². The summed E-state index contributed by atoms with van der Waals surface area (Å²) in [6.07, 6.45) is -0.143. The first-order chi connectivity index (χ1) is 15.1. The molecule has 0 radical (unpaired) electrons. The van der Waals surface area contributed by atoms with Crippen LogP contribution in [-0.2, 0) is 21.8 Å². The van der Waals surface area contributed by atoms with Crippen LogP contribution in [0.1, 0.15) is 45.8 Å². The first-order valence-corrected chi connectivity index (χ1v) is 11.4. The summed E-state index contributed by atoms with van der Waals surface area (Å²) < 4.78 is 66.8. The molecular formula is C23H18F3NO4S. The minimum absolute atomic E-state index is 0.00178. The third kappa shape index (κ3) is 4.52. The Balaban J connectivity index is 1.84. The third-order valence-corrected chi connectivity index (χ3v) is 7.08. The highest BCUT2D eigenvalue weighted by molar-refractivity contribution is 7.90. The van der Waals surface area contributed by atoms with Crippen molar-refractivity contribution >= 4 is 15.8 Å². The van der Waals surface area contributed by atoms with Gasteiger partial charge in [0.1, 0.15) is 0 Å². The molecule has 1 N–H and O–H groups in total. The highest BCUT2D eigenvalue weighted by Crippen LogP contribution is 2.44. The molecule has 1 aliphatic carbocycles. The van der Waals surface area contributed by atoms with Crippen molar-refractivity contribution in [2.75, 3.05) is 0 Å². The van der Waals surface area contributed by atoms with Crippen molar-refractivity contribution in [3.63, 3.8) is 0 Å². The maximum absolute atomic E-state index is 13.4. The molecule has 2 aromatic carbocycles. The zero-order valence-corrected chi connectivity index (χ0v) is 17.4. The molecule has 166 valence electrons. The van der Waals surface area contributed by atoms with Crippen LogP contribution in [0.5, 0.6) is 0 Å². The number of rotatable bonds is 6. The summed E-state index contributed by atoms with van der Waals surface area (Å²) >= 11 is 0. The molecule has 3 aromatic rings. The average Bonchev–Trinajstić information content (AvgIpc) is 3.58. The van der Waals surface area contributed by atoms with Crippen LogP contribution in [0.25, 0.3) is 11.1 Å². The number of halogens is 3. The van der Waals surface area contributed by atoms with Crippen LogP contribution in [0.2, 0.25) is 0 Å². The Hall–Kier alpha value is -3.20. The molecule has 9 heteroatoms. The lowest BCUT2D eigenvalue weighted by Gasteiger charge is -2.16. The molecule has 4 rings (SSSR count). The first-order valence-electron chi connectivity index (χ1n) is 9.77. The lowest BCUT2D eigenvalue weighted by molar-refractivity contribution is -0.137. The van der Waals surface area contributed by atoms with Gasteiger partial charge < -0.3 is 5.11 Å². The summed E-state index contributed by atoms with van der Waals surface area (Å²) in [5.74, 6) is -1.98. The molecule has 1 aromatic heterocycles. The molecule has 0 atom stereocenters. The van der Waals surface area contributed by atoms with E-state index in [2.05, 4.69) is 4.98 Å². The standard InChI is InChI=1S/C23H18F3NO4S/c24-23(25,26)18-6-8-19(16-2-1-9-27-12-16)17(10-18)13-32(30,31)21-11-15(22(28)29)5-7-20(21)14-3-4-14/h1-2,5-12,14H,3-4,13H2,(H,28,29). The van der Waals surface area contributed by atoms with Crippen LogP contribution >= 0.6 is 0 Å². The highest BCUT2D eigenvalue weighted by Gasteiger charge is 2.34. The van der Waals surface area contributed by atoms with Gasteiger partial charge in [0.25, 0.3) is 0 Å². The van der Waals surface area contributed by atoms with Crippen LogP contribution in [-0.4, -0.2) is 24.5 Å². The third-order valence-electron chi connectivity index (χ3n) is 5.36. The molecule has 1 aliphatic rings. The maximum Gasteiger partial charge on any atom is 0.416 e. The highest BCUT2D eigenvalue weighted by atomic mass is 32.2. The number of carboxylic acid groups (broad SMARTS) is 1. The molecule has 0 unspecified atom stereocenters. The van der Waals surface area contributed by atoms with E-state index in [0.29, 0.717) is 16.7 Å². The number of hydrogen-bond acceptors (Lipinski definition) is 4. The molecule has 1 fully saturated rings. The van der Waals surface area contributed by atoms with E-state index in [1.165, 1.54) is 30.6 Å². The monoisotopic (exact) mass is 461 g/mol. The summed E-state index contributed by atoms with van der Waals surface area (Å²) in [7, 11) is -4.15. The minimum atomic E-state index is -4.64. The van der Waals surface area contributed by atoms with Gasteiger partial charge in [-0.25, -0.2) is 13.2 Å². The summed E-state index contributed by atoms with van der Waals surface area (Å²) in [6, 6.07) is 10.1. The van der Waals surface area contributed by atoms with Gasteiger partial charge in [0, 0.05) is 18.0 Å². The van der Waals surface area contributed by atoms with Gasteiger partial charge in [-0.2, -0.15) is 13.2 Å². The Morgan fingerprint density at radius 2 is 1.84 bits per heavy atom. The van der Waals surface area contributed by atoms with Crippen molar-refractivity contribution in [3.05, 3.63) is 83.2 Å².